The minimum absolute atomic E-state index is 0.00334. The first-order valence-corrected chi connectivity index (χ1v) is 11.0. The van der Waals surface area contributed by atoms with Crippen molar-refractivity contribution in [2.45, 2.75) is 56.0 Å². The number of rotatable bonds is 7. The molecule has 5 rings (SSSR count). The molecule has 12 heteroatoms. The molecule has 7 nitrogen and oxygen atoms in total. The van der Waals surface area contributed by atoms with Crippen molar-refractivity contribution in [1.29, 1.82) is 0 Å². The number of carbonyl (C=O) groups excluding carboxylic acids is 1. The van der Waals surface area contributed by atoms with Gasteiger partial charge in [0.25, 0.3) is 5.91 Å². The van der Waals surface area contributed by atoms with Crippen molar-refractivity contribution in [3.8, 4) is 5.75 Å². The van der Waals surface area contributed by atoms with Gasteiger partial charge in [-0.15, -0.1) is 23.4 Å². The molecule has 0 unspecified atom stereocenters. The van der Waals surface area contributed by atoms with E-state index in [-0.39, 0.29) is 54.0 Å². The van der Waals surface area contributed by atoms with Crippen molar-refractivity contribution in [3.63, 3.8) is 0 Å². The Bertz CT molecular complexity index is 1030. The number of halogens is 5. The van der Waals surface area contributed by atoms with Crippen LogP contribution in [0.4, 0.5) is 17.6 Å². The Hall–Kier alpha value is -2.40. The molecule has 4 atom stereocenters. The van der Waals surface area contributed by atoms with Crippen LogP contribution in [0.1, 0.15) is 49.3 Å². The maximum Gasteiger partial charge on any atom is 0.522 e. The summed E-state index contributed by atoms with van der Waals surface area (Å²) >= 11 is 5.62. The second kappa shape index (κ2) is 8.43. The summed E-state index contributed by atoms with van der Waals surface area (Å²) in [7, 11) is 0. The SMILES string of the molecule is O=C(COc1ccc(Cl)c(F)c1)N[C@@H]1C[C@@H]2[C@H](C1)[C@H]2c1nnc(C2CC(OC(F)(F)F)C2)o1. The van der Waals surface area contributed by atoms with E-state index in [9.17, 15) is 22.4 Å². The zero-order chi connectivity index (χ0) is 23.3. The zero-order valence-corrected chi connectivity index (χ0v) is 17.9. The Morgan fingerprint density at radius 1 is 1.15 bits per heavy atom. The van der Waals surface area contributed by atoms with Crippen LogP contribution in [0.3, 0.4) is 0 Å². The summed E-state index contributed by atoms with van der Waals surface area (Å²) in [5, 5.41) is 11.0. The van der Waals surface area contributed by atoms with E-state index in [0.717, 1.165) is 18.9 Å². The van der Waals surface area contributed by atoms with Crippen LogP contribution < -0.4 is 10.1 Å². The number of ether oxygens (including phenoxy) is 2. The number of benzene rings is 1. The topological polar surface area (TPSA) is 86.5 Å². The number of carbonyl (C=O) groups is 1. The highest BCUT2D eigenvalue weighted by atomic mass is 35.5. The molecule has 0 radical (unpaired) electrons. The van der Waals surface area contributed by atoms with E-state index in [4.69, 9.17) is 20.8 Å². The lowest BCUT2D eigenvalue weighted by Gasteiger charge is -2.32. The Labute approximate surface area is 190 Å². The van der Waals surface area contributed by atoms with E-state index in [0.29, 0.717) is 23.6 Å². The predicted molar refractivity (Wildman–Crippen MR) is 105 cm³/mol. The first-order chi connectivity index (χ1) is 15.7. The Morgan fingerprint density at radius 2 is 1.85 bits per heavy atom. The summed E-state index contributed by atoms with van der Waals surface area (Å²) in [4.78, 5) is 12.2. The maximum absolute atomic E-state index is 13.4. The molecule has 3 saturated carbocycles. The molecule has 0 spiro atoms. The summed E-state index contributed by atoms with van der Waals surface area (Å²) in [5.74, 6) is 0.719. The largest absolute Gasteiger partial charge is 0.522 e. The summed E-state index contributed by atoms with van der Waals surface area (Å²) in [5.41, 5.74) is 0. The van der Waals surface area contributed by atoms with Gasteiger partial charge in [0.05, 0.1) is 11.1 Å². The third kappa shape index (κ3) is 4.93. The molecule has 3 aliphatic carbocycles. The van der Waals surface area contributed by atoms with Crippen LogP contribution in [0.25, 0.3) is 0 Å². The van der Waals surface area contributed by atoms with Crippen LogP contribution in [0.2, 0.25) is 5.02 Å². The van der Waals surface area contributed by atoms with Crippen molar-refractivity contribution in [2.75, 3.05) is 6.61 Å². The lowest BCUT2D eigenvalue weighted by atomic mass is 9.82. The highest BCUT2D eigenvalue weighted by molar-refractivity contribution is 6.30. The average molecular weight is 490 g/mol. The fraction of sp³-hybridized carbons (Fsp3) is 0.571. The van der Waals surface area contributed by atoms with Gasteiger partial charge in [0.15, 0.2) is 6.61 Å². The Morgan fingerprint density at radius 3 is 2.52 bits per heavy atom. The Kier molecular flexibility index (Phi) is 5.72. The van der Waals surface area contributed by atoms with E-state index >= 15 is 0 Å². The molecule has 3 fully saturated rings. The van der Waals surface area contributed by atoms with Crippen LogP contribution in [0.5, 0.6) is 5.75 Å². The van der Waals surface area contributed by atoms with Gasteiger partial charge in [-0.25, -0.2) is 4.39 Å². The summed E-state index contributed by atoms with van der Waals surface area (Å²) in [6, 6.07) is 3.97. The van der Waals surface area contributed by atoms with Crippen molar-refractivity contribution in [2.24, 2.45) is 11.8 Å². The van der Waals surface area contributed by atoms with E-state index in [1.54, 1.807) is 0 Å². The normalized spacial score (nSPS) is 30.5. The highest BCUT2D eigenvalue weighted by Crippen LogP contribution is 2.63. The first-order valence-electron chi connectivity index (χ1n) is 10.6. The summed E-state index contributed by atoms with van der Waals surface area (Å²) in [6.45, 7) is -0.232. The van der Waals surface area contributed by atoms with Crippen molar-refractivity contribution in [3.05, 3.63) is 40.8 Å². The van der Waals surface area contributed by atoms with Gasteiger partial charge >= 0.3 is 6.36 Å². The van der Waals surface area contributed by atoms with Crippen LogP contribution in [0.15, 0.2) is 22.6 Å². The number of alkyl halides is 3. The molecular formula is C21H20ClF4N3O4. The molecule has 1 aromatic heterocycles. The van der Waals surface area contributed by atoms with Crippen LogP contribution in [0, 0.1) is 17.7 Å². The fourth-order valence-corrected chi connectivity index (χ4v) is 5.03. The van der Waals surface area contributed by atoms with Gasteiger partial charge in [-0.05, 0) is 49.7 Å². The van der Waals surface area contributed by atoms with Crippen molar-refractivity contribution < 1.29 is 36.2 Å². The lowest BCUT2D eigenvalue weighted by Crippen LogP contribution is -2.37. The molecule has 0 aliphatic heterocycles. The van der Waals surface area contributed by atoms with Crippen LogP contribution in [-0.2, 0) is 9.53 Å². The second-order valence-electron chi connectivity index (χ2n) is 8.79. The highest BCUT2D eigenvalue weighted by Gasteiger charge is 2.59. The zero-order valence-electron chi connectivity index (χ0n) is 17.1. The van der Waals surface area contributed by atoms with Crippen LogP contribution >= 0.6 is 11.6 Å². The van der Waals surface area contributed by atoms with Gasteiger partial charge in [-0.2, -0.15) is 0 Å². The molecule has 33 heavy (non-hydrogen) atoms. The van der Waals surface area contributed by atoms with Crippen LogP contribution in [-0.4, -0.2) is 41.2 Å². The van der Waals surface area contributed by atoms with E-state index in [1.807, 2.05) is 0 Å². The predicted octanol–water partition coefficient (Wildman–Crippen LogP) is 4.33. The number of nitrogens with one attached hydrogen (secondary N) is 1. The number of hydrogen-bond donors (Lipinski definition) is 1. The van der Waals surface area contributed by atoms with Crippen molar-refractivity contribution >= 4 is 17.5 Å². The second-order valence-corrected chi connectivity index (χ2v) is 9.19. The fourth-order valence-electron chi connectivity index (χ4n) is 4.91. The molecule has 3 aliphatic rings. The smallest absolute Gasteiger partial charge is 0.484 e. The third-order valence-corrected chi connectivity index (χ3v) is 6.86. The third-order valence-electron chi connectivity index (χ3n) is 6.56. The molecule has 178 valence electrons. The average Bonchev–Trinajstić information content (AvgIpc) is 3.06. The van der Waals surface area contributed by atoms with Crippen molar-refractivity contribution in [1.82, 2.24) is 15.5 Å². The lowest BCUT2D eigenvalue weighted by molar-refractivity contribution is -0.352. The van der Waals surface area contributed by atoms with E-state index in [1.165, 1.54) is 12.1 Å². The minimum Gasteiger partial charge on any atom is -0.484 e. The molecule has 0 saturated heterocycles. The van der Waals surface area contributed by atoms with Gasteiger partial charge in [-0.1, -0.05) is 11.6 Å². The summed E-state index contributed by atoms with van der Waals surface area (Å²) < 4.78 is 65.2. The molecule has 1 amide bonds. The molecular weight excluding hydrogens is 470 g/mol. The number of fused-ring (bicyclic) bond motifs is 1. The van der Waals surface area contributed by atoms with Gasteiger partial charge < -0.3 is 14.5 Å². The van der Waals surface area contributed by atoms with E-state index in [2.05, 4.69) is 20.3 Å². The van der Waals surface area contributed by atoms with Gasteiger partial charge in [0, 0.05) is 23.9 Å². The monoisotopic (exact) mass is 489 g/mol. The quantitative estimate of drug-likeness (QED) is 0.583. The number of nitrogens with zero attached hydrogens (tertiary/aromatic N) is 2. The number of aromatic nitrogens is 2. The standard InChI is InChI=1S/C21H20ClF4N3O4/c22-15-2-1-11(7-16(15)23)31-8-17(30)27-10-5-13-14(6-10)18(13)20-29-28-19(32-20)9-3-12(4-9)33-21(24,25)26/h1-2,7,9-10,12-14,18H,3-6,8H2,(H,27,30)/t9?,10-,12?,13-,14+,18+. The summed E-state index contributed by atoms with van der Waals surface area (Å²) in [6.07, 6.45) is -3.56. The Balaban J connectivity index is 1.05. The van der Waals surface area contributed by atoms with E-state index < -0.39 is 18.3 Å². The van der Waals surface area contributed by atoms with Gasteiger partial charge in [-0.3, -0.25) is 9.53 Å². The molecule has 1 aromatic carbocycles. The van der Waals surface area contributed by atoms with Gasteiger partial charge in [0.2, 0.25) is 11.8 Å². The maximum atomic E-state index is 13.4. The van der Waals surface area contributed by atoms with Gasteiger partial charge in [0.1, 0.15) is 11.6 Å². The molecule has 0 bridgehead atoms. The molecule has 2 aromatic rings. The number of amides is 1. The molecule has 1 N–H and O–H groups in total. The first kappa shape index (κ1) is 22.4. The molecule has 1 heterocycles. The minimum atomic E-state index is -4.63. The number of hydrogen-bond acceptors (Lipinski definition) is 6.